The van der Waals surface area contributed by atoms with Crippen LogP contribution in [-0.4, -0.2) is 48.5 Å². The van der Waals surface area contributed by atoms with Gasteiger partial charge >= 0.3 is 11.7 Å². The molecule has 2 heterocycles. The van der Waals surface area contributed by atoms with Crippen molar-refractivity contribution in [2.45, 2.75) is 31.8 Å². The first kappa shape index (κ1) is 19.2. The van der Waals surface area contributed by atoms with E-state index in [1.54, 1.807) is 31.2 Å². The first-order chi connectivity index (χ1) is 12.7. The molecule has 1 aromatic carbocycles. The maximum atomic E-state index is 11.9. The number of hydrogen-bond acceptors (Lipinski definition) is 7. The molecule has 146 valence electrons. The molecule has 1 N–H and O–H groups in total. The lowest BCUT2D eigenvalue weighted by Gasteiger charge is -2.23. The number of aryl methyl sites for hydroxylation is 1. The number of benzene rings is 1. The summed E-state index contributed by atoms with van der Waals surface area (Å²) in [6.45, 7) is 1.20. The van der Waals surface area contributed by atoms with Crippen LogP contribution in [0.15, 0.2) is 33.5 Å². The van der Waals surface area contributed by atoms with Gasteiger partial charge in [-0.3, -0.25) is 14.2 Å². The minimum absolute atomic E-state index is 0.0248. The highest BCUT2D eigenvalue weighted by Crippen LogP contribution is 2.22. The van der Waals surface area contributed by atoms with E-state index < -0.39 is 39.6 Å². The molecule has 0 spiro atoms. The average molecular weight is 396 g/mol. The molecule has 1 saturated heterocycles. The molecule has 0 unspecified atom stereocenters. The van der Waals surface area contributed by atoms with Gasteiger partial charge < -0.3 is 14.5 Å². The van der Waals surface area contributed by atoms with Gasteiger partial charge in [-0.2, -0.15) is 0 Å². The van der Waals surface area contributed by atoms with Crippen molar-refractivity contribution in [1.82, 2.24) is 9.88 Å². The molecule has 1 fully saturated rings. The average Bonchev–Trinajstić information content (AvgIpc) is 3.05. The third-order valence-corrected chi connectivity index (χ3v) is 6.33. The van der Waals surface area contributed by atoms with Crippen molar-refractivity contribution in [3.05, 3.63) is 34.8 Å². The van der Waals surface area contributed by atoms with Crippen LogP contribution >= 0.6 is 0 Å². The van der Waals surface area contributed by atoms with E-state index in [9.17, 15) is 22.8 Å². The van der Waals surface area contributed by atoms with Crippen molar-refractivity contribution in [2.75, 3.05) is 18.1 Å². The van der Waals surface area contributed by atoms with Crippen molar-refractivity contribution in [1.29, 1.82) is 0 Å². The number of sulfone groups is 1. The number of oxazole rings is 1. The fourth-order valence-corrected chi connectivity index (χ4v) is 5.22. The Morgan fingerprint density at radius 3 is 2.78 bits per heavy atom. The van der Waals surface area contributed by atoms with Gasteiger partial charge in [0, 0.05) is 6.54 Å². The summed E-state index contributed by atoms with van der Waals surface area (Å²) in [5, 5.41) is 2.60. The Hall–Kier alpha value is -2.62. The standard InChI is InChI=1S/C17H20N2O7S/c1-17(7-9-27(23,24)11-17)18-14(20)10-25-15(21)6-8-19-12-4-2-3-5-13(12)26-16(19)22/h2-5H,6-11H2,1H3,(H,18,20)/t17-/m1/s1. The number of carbonyl (C=O) groups is 2. The highest BCUT2D eigenvalue weighted by atomic mass is 32.2. The predicted molar refractivity (Wildman–Crippen MR) is 95.9 cm³/mol. The number of nitrogens with one attached hydrogen (secondary N) is 1. The first-order valence-electron chi connectivity index (χ1n) is 8.43. The summed E-state index contributed by atoms with van der Waals surface area (Å²) >= 11 is 0. The molecule has 0 aliphatic carbocycles. The maximum absolute atomic E-state index is 11.9. The Balaban J connectivity index is 1.49. The second-order valence-corrected chi connectivity index (χ2v) is 9.03. The van der Waals surface area contributed by atoms with E-state index in [0.717, 1.165) is 0 Å². The fraction of sp³-hybridized carbons (Fsp3) is 0.471. The summed E-state index contributed by atoms with van der Waals surface area (Å²) < 4.78 is 34.4. The molecule has 1 aliphatic heterocycles. The maximum Gasteiger partial charge on any atom is 0.419 e. The van der Waals surface area contributed by atoms with Gasteiger partial charge in [-0.25, -0.2) is 13.2 Å². The number of rotatable bonds is 6. The van der Waals surface area contributed by atoms with E-state index in [1.807, 2.05) is 0 Å². The number of carbonyl (C=O) groups excluding carboxylic acids is 2. The summed E-state index contributed by atoms with van der Waals surface area (Å²) in [4.78, 5) is 35.6. The monoisotopic (exact) mass is 396 g/mol. The third-order valence-electron chi connectivity index (χ3n) is 4.42. The van der Waals surface area contributed by atoms with Crippen LogP contribution in [0.1, 0.15) is 19.8 Å². The Morgan fingerprint density at radius 1 is 1.33 bits per heavy atom. The molecule has 1 amide bonds. The zero-order valence-corrected chi connectivity index (χ0v) is 15.6. The van der Waals surface area contributed by atoms with E-state index in [2.05, 4.69) is 5.32 Å². The van der Waals surface area contributed by atoms with Crippen molar-refractivity contribution in [2.24, 2.45) is 0 Å². The van der Waals surface area contributed by atoms with Crippen LogP contribution in [0.5, 0.6) is 0 Å². The first-order valence-corrected chi connectivity index (χ1v) is 10.3. The highest BCUT2D eigenvalue weighted by molar-refractivity contribution is 7.91. The summed E-state index contributed by atoms with van der Waals surface area (Å²) in [5.41, 5.74) is 0.157. The second-order valence-electron chi connectivity index (χ2n) is 6.85. The molecule has 2 aromatic rings. The van der Waals surface area contributed by atoms with Gasteiger partial charge in [0.1, 0.15) is 0 Å². The number of para-hydroxylation sites is 2. The van der Waals surface area contributed by atoms with E-state index >= 15 is 0 Å². The third kappa shape index (κ3) is 4.57. The normalized spacial score (nSPS) is 21.2. The van der Waals surface area contributed by atoms with E-state index in [1.165, 1.54) is 4.57 Å². The Morgan fingerprint density at radius 2 is 2.07 bits per heavy atom. The molecule has 10 heteroatoms. The lowest BCUT2D eigenvalue weighted by Crippen LogP contribution is -2.48. The zero-order valence-electron chi connectivity index (χ0n) is 14.8. The predicted octanol–water partition coefficient (Wildman–Crippen LogP) is 0.221. The SMILES string of the molecule is C[C@@]1(NC(=O)COC(=O)CCn2c(=O)oc3ccccc32)CCS(=O)(=O)C1. The number of nitrogens with zero attached hydrogens (tertiary/aromatic N) is 1. The van der Waals surface area contributed by atoms with E-state index in [0.29, 0.717) is 17.5 Å². The van der Waals surface area contributed by atoms with Crippen molar-refractivity contribution >= 4 is 32.8 Å². The summed E-state index contributed by atoms with van der Waals surface area (Å²) in [6, 6.07) is 6.84. The van der Waals surface area contributed by atoms with Crippen molar-refractivity contribution < 1.29 is 27.2 Å². The Bertz CT molecular complexity index is 1040. The van der Waals surface area contributed by atoms with Crippen molar-refractivity contribution in [3.8, 4) is 0 Å². The summed E-state index contributed by atoms with van der Waals surface area (Å²) in [7, 11) is -3.15. The number of amides is 1. The van der Waals surface area contributed by atoms with Crippen LogP contribution in [0.2, 0.25) is 0 Å². The Kier molecular flexibility index (Phi) is 5.09. The van der Waals surface area contributed by atoms with E-state index in [-0.39, 0.29) is 24.5 Å². The molecular weight excluding hydrogens is 376 g/mol. The molecule has 1 aliphatic rings. The minimum Gasteiger partial charge on any atom is -0.456 e. The molecular formula is C17H20N2O7S. The topological polar surface area (TPSA) is 125 Å². The summed E-state index contributed by atoms with van der Waals surface area (Å²) in [5.74, 6) is -1.88. The van der Waals surface area contributed by atoms with Crippen LogP contribution in [0.4, 0.5) is 0 Å². The second kappa shape index (κ2) is 7.18. The van der Waals surface area contributed by atoms with Crippen LogP contribution < -0.4 is 11.1 Å². The van der Waals surface area contributed by atoms with Crippen LogP contribution in [0.25, 0.3) is 11.1 Å². The van der Waals surface area contributed by atoms with Gasteiger partial charge in [0.2, 0.25) is 0 Å². The van der Waals surface area contributed by atoms with E-state index in [4.69, 9.17) is 9.15 Å². The molecule has 0 bridgehead atoms. The van der Waals surface area contributed by atoms with Gasteiger partial charge in [0.05, 0.1) is 29.0 Å². The molecule has 3 rings (SSSR count). The number of hydrogen-bond donors (Lipinski definition) is 1. The quantitative estimate of drug-likeness (QED) is 0.693. The minimum atomic E-state index is -3.15. The molecule has 1 aromatic heterocycles. The smallest absolute Gasteiger partial charge is 0.419 e. The van der Waals surface area contributed by atoms with Crippen LogP contribution in [0, 0.1) is 0 Å². The van der Waals surface area contributed by atoms with Gasteiger partial charge in [0.25, 0.3) is 5.91 Å². The molecule has 9 nitrogen and oxygen atoms in total. The lowest BCUT2D eigenvalue weighted by molar-refractivity contribution is -0.149. The lowest BCUT2D eigenvalue weighted by atomic mass is 10.0. The molecule has 0 saturated carbocycles. The number of aromatic nitrogens is 1. The number of fused-ring (bicyclic) bond motifs is 1. The van der Waals surface area contributed by atoms with Gasteiger partial charge in [0.15, 0.2) is 22.0 Å². The largest absolute Gasteiger partial charge is 0.456 e. The van der Waals surface area contributed by atoms with Crippen LogP contribution in [-0.2, 0) is 30.7 Å². The molecule has 1 atom stereocenters. The number of ether oxygens (including phenoxy) is 1. The molecule has 0 radical (unpaired) electrons. The summed E-state index contributed by atoms with van der Waals surface area (Å²) in [6.07, 6.45) is 0.216. The zero-order chi connectivity index (χ0) is 19.7. The van der Waals surface area contributed by atoms with Crippen molar-refractivity contribution in [3.63, 3.8) is 0 Å². The number of esters is 1. The van der Waals surface area contributed by atoms with Gasteiger partial charge in [-0.05, 0) is 25.5 Å². The van der Waals surface area contributed by atoms with Crippen LogP contribution in [0.3, 0.4) is 0 Å². The fourth-order valence-electron chi connectivity index (χ4n) is 3.13. The Labute approximate surface area is 155 Å². The highest BCUT2D eigenvalue weighted by Gasteiger charge is 2.39. The van der Waals surface area contributed by atoms with Gasteiger partial charge in [-0.1, -0.05) is 12.1 Å². The van der Waals surface area contributed by atoms with Gasteiger partial charge in [-0.15, -0.1) is 0 Å². The molecule has 27 heavy (non-hydrogen) atoms.